The first-order chi connectivity index (χ1) is 10.1. The van der Waals surface area contributed by atoms with Gasteiger partial charge in [-0.3, -0.25) is 4.79 Å². The minimum absolute atomic E-state index is 0.129. The molecule has 1 fully saturated rings. The molecule has 0 aromatic heterocycles. The van der Waals surface area contributed by atoms with E-state index in [4.69, 9.17) is 19.9 Å². The number of carbonyl (C=O) groups excluding carboxylic acids is 1. The molecular formula is C15H20N2O4. The first-order valence-corrected chi connectivity index (χ1v) is 7.16. The number of hydrogen-bond donors (Lipinski definition) is 2. The Morgan fingerprint density at radius 3 is 2.76 bits per heavy atom. The van der Waals surface area contributed by atoms with Crippen LogP contribution in [0.15, 0.2) is 18.2 Å². The lowest BCUT2D eigenvalue weighted by atomic mass is 9.90. The molecule has 1 saturated heterocycles. The lowest BCUT2D eigenvalue weighted by Crippen LogP contribution is -2.57. The van der Waals surface area contributed by atoms with Gasteiger partial charge in [-0.1, -0.05) is 6.07 Å². The lowest BCUT2D eigenvalue weighted by molar-refractivity contribution is -0.130. The molecule has 3 N–H and O–H groups in total. The van der Waals surface area contributed by atoms with Crippen molar-refractivity contribution < 1.29 is 19.0 Å². The smallest absolute Gasteiger partial charge is 0.240 e. The van der Waals surface area contributed by atoms with E-state index in [1.165, 1.54) is 0 Å². The van der Waals surface area contributed by atoms with Gasteiger partial charge < -0.3 is 25.3 Å². The van der Waals surface area contributed by atoms with Crippen molar-refractivity contribution in [3.05, 3.63) is 23.8 Å². The second kappa shape index (κ2) is 5.54. The zero-order valence-electron chi connectivity index (χ0n) is 12.1. The van der Waals surface area contributed by atoms with Crippen LogP contribution in [0.5, 0.6) is 11.5 Å². The standard InChI is InChI=1S/C15H20N2O4/c1-10(11-2-3-12-13(8-11)21-9-20-12)17-14(18)15(16)4-6-19-7-5-15/h2-3,8,10H,4-7,9,16H2,1H3,(H,17,18). The third-order valence-corrected chi connectivity index (χ3v) is 4.08. The van der Waals surface area contributed by atoms with Crippen LogP contribution in [0, 0.1) is 0 Å². The minimum atomic E-state index is -0.831. The number of fused-ring (bicyclic) bond motifs is 1. The highest BCUT2D eigenvalue weighted by molar-refractivity contribution is 5.86. The van der Waals surface area contributed by atoms with Gasteiger partial charge in [-0.15, -0.1) is 0 Å². The molecule has 1 aromatic rings. The molecule has 0 saturated carbocycles. The van der Waals surface area contributed by atoms with Crippen LogP contribution in [0.3, 0.4) is 0 Å². The van der Waals surface area contributed by atoms with Gasteiger partial charge in [0.05, 0.1) is 11.6 Å². The molecule has 2 aliphatic rings. The molecule has 114 valence electrons. The van der Waals surface area contributed by atoms with Gasteiger partial charge in [0.2, 0.25) is 12.7 Å². The van der Waals surface area contributed by atoms with E-state index in [9.17, 15) is 4.79 Å². The quantitative estimate of drug-likeness (QED) is 0.871. The molecule has 2 heterocycles. The summed E-state index contributed by atoms with van der Waals surface area (Å²) in [5.74, 6) is 1.31. The Kier molecular flexibility index (Phi) is 3.73. The first-order valence-electron chi connectivity index (χ1n) is 7.16. The van der Waals surface area contributed by atoms with Crippen LogP contribution in [0.4, 0.5) is 0 Å². The van der Waals surface area contributed by atoms with Crippen molar-refractivity contribution in [2.75, 3.05) is 20.0 Å². The molecular weight excluding hydrogens is 272 g/mol. The average molecular weight is 292 g/mol. The fourth-order valence-corrected chi connectivity index (χ4v) is 2.57. The molecule has 6 nitrogen and oxygen atoms in total. The van der Waals surface area contributed by atoms with Crippen LogP contribution in [-0.2, 0) is 9.53 Å². The Labute approximate surface area is 123 Å². The van der Waals surface area contributed by atoms with E-state index in [1.54, 1.807) is 0 Å². The molecule has 2 aliphatic heterocycles. The molecule has 1 atom stereocenters. The molecule has 0 aliphatic carbocycles. The SMILES string of the molecule is CC(NC(=O)C1(N)CCOCC1)c1ccc2c(c1)OCO2. The van der Waals surface area contributed by atoms with Gasteiger partial charge in [0.1, 0.15) is 0 Å². The Balaban J connectivity index is 1.68. The maximum absolute atomic E-state index is 12.4. The van der Waals surface area contributed by atoms with Gasteiger partial charge in [0, 0.05) is 13.2 Å². The van der Waals surface area contributed by atoms with E-state index in [0.29, 0.717) is 31.8 Å². The van der Waals surface area contributed by atoms with Crippen molar-refractivity contribution in [3.63, 3.8) is 0 Å². The monoisotopic (exact) mass is 292 g/mol. The fraction of sp³-hybridized carbons (Fsp3) is 0.533. The summed E-state index contributed by atoms with van der Waals surface area (Å²) in [5, 5.41) is 2.98. The van der Waals surface area contributed by atoms with E-state index in [1.807, 2.05) is 25.1 Å². The van der Waals surface area contributed by atoms with Crippen molar-refractivity contribution >= 4 is 5.91 Å². The second-order valence-electron chi connectivity index (χ2n) is 5.58. The summed E-state index contributed by atoms with van der Waals surface area (Å²) in [6.07, 6.45) is 1.10. The maximum Gasteiger partial charge on any atom is 0.240 e. The van der Waals surface area contributed by atoms with Gasteiger partial charge in [0.25, 0.3) is 0 Å². The summed E-state index contributed by atoms with van der Waals surface area (Å²) in [7, 11) is 0. The Hall–Kier alpha value is -1.79. The minimum Gasteiger partial charge on any atom is -0.454 e. The second-order valence-corrected chi connectivity index (χ2v) is 5.58. The topological polar surface area (TPSA) is 82.8 Å². The van der Waals surface area contributed by atoms with Crippen LogP contribution < -0.4 is 20.5 Å². The summed E-state index contributed by atoms with van der Waals surface area (Å²) < 4.78 is 15.9. The number of hydrogen-bond acceptors (Lipinski definition) is 5. The Morgan fingerprint density at radius 1 is 1.29 bits per heavy atom. The van der Waals surface area contributed by atoms with Gasteiger partial charge in [0.15, 0.2) is 11.5 Å². The Bertz CT molecular complexity index is 540. The van der Waals surface area contributed by atoms with E-state index >= 15 is 0 Å². The number of benzene rings is 1. The van der Waals surface area contributed by atoms with E-state index < -0.39 is 5.54 Å². The van der Waals surface area contributed by atoms with Crippen LogP contribution in [-0.4, -0.2) is 31.5 Å². The Morgan fingerprint density at radius 2 is 2.00 bits per heavy atom. The van der Waals surface area contributed by atoms with Crippen molar-refractivity contribution in [1.29, 1.82) is 0 Å². The van der Waals surface area contributed by atoms with Crippen LogP contribution >= 0.6 is 0 Å². The summed E-state index contributed by atoms with van der Waals surface area (Å²) in [5.41, 5.74) is 6.31. The van der Waals surface area contributed by atoms with Crippen LogP contribution in [0.1, 0.15) is 31.4 Å². The lowest BCUT2D eigenvalue weighted by Gasteiger charge is -2.33. The van der Waals surface area contributed by atoms with Crippen LogP contribution in [0.2, 0.25) is 0 Å². The normalized spacial score (nSPS) is 20.9. The molecule has 3 rings (SSSR count). The van der Waals surface area contributed by atoms with Crippen molar-refractivity contribution in [1.82, 2.24) is 5.32 Å². The number of rotatable bonds is 3. The largest absolute Gasteiger partial charge is 0.454 e. The molecule has 1 amide bonds. The van der Waals surface area contributed by atoms with Crippen molar-refractivity contribution in [2.24, 2.45) is 5.73 Å². The van der Waals surface area contributed by atoms with Crippen molar-refractivity contribution in [2.45, 2.75) is 31.3 Å². The highest BCUT2D eigenvalue weighted by Gasteiger charge is 2.36. The van der Waals surface area contributed by atoms with Gasteiger partial charge >= 0.3 is 0 Å². The highest BCUT2D eigenvalue weighted by atomic mass is 16.7. The molecule has 6 heteroatoms. The molecule has 0 bridgehead atoms. The number of nitrogens with one attached hydrogen (secondary N) is 1. The molecule has 0 spiro atoms. The number of carbonyl (C=O) groups is 1. The zero-order chi connectivity index (χ0) is 14.9. The maximum atomic E-state index is 12.4. The van der Waals surface area contributed by atoms with E-state index in [0.717, 1.165) is 11.3 Å². The molecule has 0 radical (unpaired) electrons. The predicted octanol–water partition coefficient (Wildman–Crippen LogP) is 1.10. The van der Waals surface area contributed by atoms with Crippen LogP contribution in [0.25, 0.3) is 0 Å². The number of nitrogens with two attached hydrogens (primary N) is 1. The molecule has 21 heavy (non-hydrogen) atoms. The zero-order valence-corrected chi connectivity index (χ0v) is 12.1. The predicted molar refractivity (Wildman–Crippen MR) is 76.1 cm³/mol. The number of ether oxygens (including phenoxy) is 3. The summed E-state index contributed by atoms with van der Waals surface area (Å²) in [4.78, 5) is 12.4. The number of amides is 1. The highest BCUT2D eigenvalue weighted by Crippen LogP contribution is 2.34. The fourth-order valence-electron chi connectivity index (χ4n) is 2.57. The summed E-state index contributed by atoms with van der Waals surface area (Å²) in [6, 6.07) is 5.52. The first kappa shape index (κ1) is 14.2. The average Bonchev–Trinajstić information content (AvgIpc) is 2.95. The summed E-state index contributed by atoms with van der Waals surface area (Å²) >= 11 is 0. The van der Waals surface area contributed by atoms with E-state index in [-0.39, 0.29) is 18.7 Å². The third kappa shape index (κ3) is 2.82. The third-order valence-electron chi connectivity index (χ3n) is 4.08. The summed E-state index contributed by atoms with van der Waals surface area (Å²) in [6.45, 7) is 3.23. The van der Waals surface area contributed by atoms with Gasteiger partial charge in [-0.25, -0.2) is 0 Å². The molecule has 1 aromatic carbocycles. The molecule has 1 unspecified atom stereocenters. The van der Waals surface area contributed by atoms with Gasteiger partial charge in [-0.05, 0) is 37.5 Å². The van der Waals surface area contributed by atoms with Gasteiger partial charge in [-0.2, -0.15) is 0 Å². The van der Waals surface area contributed by atoms with E-state index in [2.05, 4.69) is 5.32 Å². The van der Waals surface area contributed by atoms with Crippen molar-refractivity contribution in [3.8, 4) is 11.5 Å².